The van der Waals surface area contributed by atoms with E-state index in [-0.39, 0.29) is 33.8 Å². The molecule has 0 spiro atoms. The van der Waals surface area contributed by atoms with Crippen LogP contribution in [0.2, 0.25) is 0 Å². The molecule has 0 bridgehead atoms. The number of nitrogens with one attached hydrogen (secondary N) is 2. The van der Waals surface area contributed by atoms with Crippen LogP contribution >= 0.6 is 21.9 Å². The zero-order valence-electron chi connectivity index (χ0n) is 20.8. The fourth-order valence-corrected chi connectivity index (χ4v) is 9.33. The molecule has 5 rings (SSSR count). The van der Waals surface area contributed by atoms with Crippen molar-refractivity contribution in [3.05, 3.63) is 86.3 Å². The number of anilines is 1. The molecule has 39 heavy (non-hydrogen) atoms. The molecule has 2 aliphatic heterocycles. The number of piperidine rings is 1. The van der Waals surface area contributed by atoms with Gasteiger partial charge < -0.3 is 10.6 Å². The van der Waals surface area contributed by atoms with Crippen LogP contribution < -0.4 is 10.6 Å². The molecule has 0 saturated carbocycles. The van der Waals surface area contributed by atoms with Gasteiger partial charge in [0.25, 0.3) is 21.6 Å². The van der Waals surface area contributed by atoms with Gasteiger partial charge in [-0.25, -0.2) is 8.42 Å². The van der Waals surface area contributed by atoms with E-state index >= 15 is 0 Å². The normalized spacial score (nSPS) is 18.3. The molecule has 1 saturated heterocycles. The van der Waals surface area contributed by atoms with E-state index in [1.54, 1.807) is 6.07 Å². The van der Waals surface area contributed by atoms with E-state index < -0.39 is 31.4 Å². The number of benzene rings is 2. The Morgan fingerprint density at radius 3 is 2.56 bits per heavy atom. The Labute approximate surface area is 231 Å². The van der Waals surface area contributed by atoms with Crippen LogP contribution in [0.4, 0.5) is 11.4 Å². The van der Waals surface area contributed by atoms with Crippen LogP contribution in [0.1, 0.15) is 39.2 Å². The Kier molecular flexibility index (Phi) is 7.68. The number of nitro benzene ring substituents is 1. The summed E-state index contributed by atoms with van der Waals surface area (Å²) in [6.07, 6.45) is 1.26. The van der Waals surface area contributed by atoms with Gasteiger partial charge in [-0.3, -0.25) is 24.0 Å². The van der Waals surface area contributed by atoms with Gasteiger partial charge in [-0.1, -0.05) is 12.1 Å². The fourth-order valence-electron chi connectivity index (χ4n) is 4.77. The van der Waals surface area contributed by atoms with Gasteiger partial charge in [0.2, 0.25) is 0 Å². The molecule has 2 aliphatic rings. The Hall–Kier alpha value is -3.01. The molecule has 3 aromatic rings. The highest BCUT2D eigenvalue weighted by Crippen LogP contribution is 2.52. The van der Waals surface area contributed by atoms with Crippen molar-refractivity contribution in [2.24, 2.45) is 0 Å². The molecule has 1 amide bonds. The van der Waals surface area contributed by atoms with Crippen molar-refractivity contribution in [2.75, 3.05) is 18.4 Å². The van der Waals surface area contributed by atoms with Crippen LogP contribution in [0, 0.1) is 10.1 Å². The standard InChI is InChI=1S/C25H28N4O7S3/c30-25(17-2-1-3-22(13-17)29(31)32)26-14-23-6-7-24(37-23)39(35,36)28-10-8-20(9-11-28)27-21-5-4-18-15-38(33,34)16-19(18)12-21/h1-7,12-13,20,27,33-34H,8-11,14-16H2,(H,26,30). The van der Waals surface area contributed by atoms with Crippen molar-refractivity contribution in [3.8, 4) is 0 Å². The van der Waals surface area contributed by atoms with Crippen molar-refractivity contribution in [1.29, 1.82) is 0 Å². The lowest BCUT2D eigenvalue weighted by molar-refractivity contribution is -0.384. The molecular weight excluding hydrogens is 564 g/mol. The molecule has 2 aromatic carbocycles. The number of hydrogen-bond acceptors (Lipinski definition) is 9. The second kappa shape index (κ2) is 10.9. The highest BCUT2D eigenvalue weighted by atomic mass is 32.3. The van der Waals surface area contributed by atoms with E-state index in [9.17, 15) is 32.4 Å². The van der Waals surface area contributed by atoms with Gasteiger partial charge >= 0.3 is 0 Å². The van der Waals surface area contributed by atoms with Crippen LogP contribution in [-0.2, 0) is 28.1 Å². The lowest BCUT2D eigenvalue weighted by atomic mass is 10.0. The molecule has 4 N–H and O–H groups in total. The molecule has 0 aliphatic carbocycles. The molecular formula is C25H28N4O7S3. The quantitative estimate of drug-likeness (QED) is 0.218. The minimum Gasteiger partial charge on any atom is -0.382 e. The van der Waals surface area contributed by atoms with Crippen molar-refractivity contribution < 1.29 is 27.2 Å². The van der Waals surface area contributed by atoms with Crippen molar-refractivity contribution in [2.45, 2.75) is 41.1 Å². The number of hydrogen-bond donors (Lipinski definition) is 4. The number of non-ortho nitro benzene ring substituents is 1. The Morgan fingerprint density at radius 1 is 1.08 bits per heavy atom. The number of nitro groups is 1. The first-order chi connectivity index (χ1) is 18.5. The summed E-state index contributed by atoms with van der Waals surface area (Å²) in [4.78, 5) is 23.4. The highest BCUT2D eigenvalue weighted by molar-refractivity contribution is 8.23. The average molecular weight is 593 g/mol. The topological polar surface area (TPSA) is 162 Å². The number of fused-ring (bicyclic) bond motifs is 1. The van der Waals surface area contributed by atoms with Crippen LogP contribution in [0.25, 0.3) is 0 Å². The molecule has 14 heteroatoms. The van der Waals surface area contributed by atoms with Crippen LogP contribution in [0.5, 0.6) is 0 Å². The van der Waals surface area contributed by atoms with E-state index in [4.69, 9.17) is 0 Å². The third kappa shape index (κ3) is 6.26. The number of rotatable bonds is 8. The first-order valence-corrected chi connectivity index (χ1v) is 16.4. The van der Waals surface area contributed by atoms with E-state index in [1.165, 1.54) is 34.6 Å². The minimum absolute atomic E-state index is 0.0965. The van der Waals surface area contributed by atoms with E-state index in [0.717, 1.165) is 28.2 Å². The molecule has 0 radical (unpaired) electrons. The molecule has 1 fully saturated rings. The maximum atomic E-state index is 13.2. The molecule has 0 atom stereocenters. The summed E-state index contributed by atoms with van der Waals surface area (Å²) in [6, 6.07) is 14.5. The summed E-state index contributed by atoms with van der Waals surface area (Å²) >= 11 is 1.09. The maximum Gasteiger partial charge on any atom is 0.270 e. The summed E-state index contributed by atoms with van der Waals surface area (Å²) < 4.78 is 48.1. The van der Waals surface area contributed by atoms with Crippen LogP contribution in [0.3, 0.4) is 0 Å². The zero-order valence-corrected chi connectivity index (χ0v) is 23.2. The second-order valence-electron chi connectivity index (χ2n) is 9.61. The fraction of sp³-hybridized carbons (Fsp3) is 0.320. The number of carbonyl (C=O) groups excluding carboxylic acids is 1. The number of amides is 1. The number of nitrogens with zero attached hydrogens (tertiary/aromatic N) is 2. The molecule has 0 unspecified atom stereocenters. The second-order valence-corrected chi connectivity index (χ2v) is 15.1. The number of thiophene rings is 1. The van der Waals surface area contributed by atoms with E-state index in [0.29, 0.717) is 36.6 Å². The summed E-state index contributed by atoms with van der Waals surface area (Å²) in [5.74, 6) is 0.0891. The predicted molar refractivity (Wildman–Crippen MR) is 151 cm³/mol. The van der Waals surface area contributed by atoms with Crippen molar-refractivity contribution in [3.63, 3.8) is 0 Å². The van der Waals surface area contributed by atoms with Crippen molar-refractivity contribution >= 4 is 49.2 Å². The lowest BCUT2D eigenvalue weighted by Crippen LogP contribution is -2.42. The first-order valence-electron chi connectivity index (χ1n) is 12.2. The highest BCUT2D eigenvalue weighted by Gasteiger charge is 2.31. The van der Waals surface area contributed by atoms with E-state index in [2.05, 4.69) is 10.6 Å². The SMILES string of the molecule is O=C(NCc1ccc(S(=O)(=O)N2CCC(Nc3ccc4c(c3)CS(O)(O)C4)CC2)s1)c1cccc([N+](=O)[O-])c1. The predicted octanol–water partition coefficient (Wildman–Crippen LogP) is 4.62. The van der Waals surface area contributed by atoms with Crippen LogP contribution in [-0.4, -0.2) is 51.8 Å². The molecule has 11 nitrogen and oxygen atoms in total. The van der Waals surface area contributed by atoms with Gasteiger partial charge in [0.05, 0.1) is 23.0 Å². The maximum absolute atomic E-state index is 13.2. The summed E-state index contributed by atoms with van der Waals surface area (Å²) in [5, 5.41) is 17.1. The minimum atomic E-state index is -3.68. The third-order valence-corrected chi connectivity index (χ3v) is 11.8. The summed E-state index contributed by atoms with van der Waals surface area (Å²) in [6.45, 7) is 0.828. The zero-order chi connectivity index (χ0) is 27.8. The van der Waals surface area contributed by atoms with Gasteiger partial charge in [-0.05, 0) is 54.3 Å². The lowest BCUT2D eigenvalue weighted by Gasteiger charge is -2.31. The van der Waals surface area contributed by atoms with Gasteiger partial charge in [0, 0.05) is 47.4 Å². The number of carbonyl (C=O) groups is 1. The van der Waals surface area contributed by atoms with E-state index in [1.807, 2.05) is 18.2 Å². The number of sulfonamides is 1. The summed E-state index contributed by atoms with van der Waals surface area (Å²) in [7, 11) is -6.25. The Balaban J connectivity index is 1.14. The monoisotopic (exact) mass is 592 g/mol. The largest absolute Gasteiger partial charge is 0.382 e. The third-order valence-electron chi connectivity index (χ3n) is 6.78. The molecule has 3 heterocycles. The molecule has 1 aromatic heterocycles. The first kappa shape index (κ1) is 27.6. The Bertz CT molecular complexity index is 1520. The average Bonchev–Trinajstić information content (AvgIpc) is 3.51. The van der Waals surface area contributed by atoms with Gasteiger partial charge in [0.15, 0.2) is 0 Å². The summed E-state index contributed by atoms with van der Waals surface area (Å²) in [5.41, 5.74) is 2.76. The van der Waals surface area contributed by atoms with Gasteiger partial charge in [0.1, 0.15) is 4.21 Å². The Morgan fingerprint density at radius 2 is 1.82 bits per heavy atom. The van der Waals surface area contributed by atoms with Crippen LogP contribution in [0.15, 0.2) is 58.8 Å². The van der Waals surface area contributed by atoms with Gasteiger partial charge in [-0.15, -0.1) is 11.3 Å². The van der Waals surface area contributed by atoms with Gasteiger partial charge in [-0.2, -0.15) is 14.9 Å². The molecule has 208 valence electrons. The van der Waals surface area contributed by atoms with Crippen molar-refractivity contribution in [1.82, 2.24) is 9.62 Å². The smallest absolute Gasteiger partial charge is 0.270 e.